The van der Waals surface area contributed by atoms with Gasteiger partial charge in [0.15, 0.2) is 5.13 Å². The van der Waals surface area contributed by atoms with E-state index in [9.17, 15) is 18.0 Å². The van der Waals surface area contributed by atoms with Gasteiger partial charge in [-0.1, -0.05) is 29.5 Å². The quantitative estimate of drug-likeness (QED) is 0.504. The molecule has 174 valence electrons. The Morgan fingerprint density at radius 1 is 1.09 bits per heavy atom. The van der Waals surface area contributed by atoms with Crippen molar-refractivity contribution in [3.63, 3.8) is 0 Å². The lowest BCUT2D eigenvalue weighted by Crippen LogP contribution is -2.27. The number of nitrogens with zero attached hydrogens (tertiary/aromatic N) is 2. The van der Waals surface area contributed by atoms with Crippen molar-refractivity contribution in [3.05, 3.63) is 64.2 Å². The summed E-state index contributed by atoms with van der Waals surface area (Å²) in [5, 5.41) is 2.83. The number of sulfonamides is 1. The minimum absolute atomic E-state index is 0.0581. The highest BCUT2D eigenvalue weighted by molar-refractivity contribution is 7.92. The number of amides is 1. The number of carbonyl (C=O) groups is 2. The van der Waals surface area contributed by atoms with Gasteiger partial charge in [-0.15, -0.1) is 0 Å². The van der Waals surface area contributed by atoms with E-state index < -0.39 is 21.9 Å². The molecular formula is C22H23N3O6S2. The van der Waals surface area contributed by atoms with E-state index >= 15 is 0 Å². The minimum atomic E-state index is -3.99. The molecule has 0 saturated carbocycles. The van der Waals surface area contributed by atoms with Crippen molar-refractivity contribution in [3.8, 4) is 5.75 Å². The van der Waals surface area contributed by atoms with E-state index in [4.69, 9.17) is 9.47 Å². The summed E-state index contributed by atoms with van der Waals surface area (Å²) in [5.74, 6) is -0.696. The summed E-state index contributed by atoms with van der Waals surface area (Å²) in [6.45, 7) is 3.33. The van der Waals surface area contributed by atoms with Crippen LogP contribution in [0.3, 0.4) is 0 Å². The standard InChI is InChI=1S/C22H23N3O6S2/c1-13-10-11-15(33(28,29)25(3)17-8-6-7-9-18(17)30-4)12-16(13)20(26)24-22-23-14(2)19(32-22)21(27)31-5/h6-12H,1-5H3,(H,23,24,26). The van der Waals surface area contributed by atoms with Crippen molar-refractivity contribution in [2.24, 2.45) is 0 Å². The van der Waals surface area contributed by atoms with Gasteiger partial charge in [-0.3, -0.25) is 14.4 Å². The predicted molar refractivity (Wildman–Crippen MR) is 126 cm³/mol. The number of thiazole rings is 1. The summed E-state index contributed by atoms with van der Waals surface area (Å²) < 4.78 is 37.6. The molecule has 0 radical (unpaired) electrons. The molecule has 1 N–H and O–H groups in total. The number of ether oxygens (including phenoxy) is 2. The van der Waals surface area contributed by atoms with E-state index in [1.54, 1.807) is 44.2 Å². The highest BCUT2D eigenvalue weighted by Crippen LogP contribution is 2.31. The smallest absolute Gasteiger partial charge is 0.350 e. The van der Waals surface area contributed by atoms with Gasteiger partial charge in [0.1, 0.15) is 10.6 Å². The summed E-state index contributed by atoms with van der Waals surface area (Å²) in [7, 11) is 0.147. The SMILES string of the molecule is COC(=O)c1sc(NC(=O)c2cc(S(=O)(=O)N(C)c3ccccc3OC)ccc2C)nc1C. The van der Waals surface area contributed by atoms with Crippen molar-refractivity contribution in [2.75, 3.05) is 30.9 Å². The molecule has 11 heteroatoms. The van der Waals surface area contributed by atoms with Crippen LogP contribution in [0.1, 0.15) is 31.3 Å². The Bertz CT molecular complexity index is 1320. The number of hydrogen-bond acceptors (Lipinski definition) is 8. The molecule has 3 rings (SSSR count). The van der Waals surface area contributed by atoms with Gasteiger partial charge >= 0.3 is 5.97 Å². The van der Waals surface area contributed by atoms with Crippen LogP contribution in [-0.2, 0) is 14.8 Å². The fourth-order valence-electron chi connectivity index (χ4n) is 3.08. The molecule has 0 saturated heterocycles. The summed E-state index contributed by atoms with van der Waals surface area (Å²) >= 11 is 0.979. The maximum absolute atomic E-state index is 13.3. The van der Waals surface area contributed by atoms with Gasteiger partial charge in [-0.25, -0.2) is 18.2 Å². The molecule has 1 aromatic heterocycles. The molecule has 0 aliphatic rings. The summed E-state index contributed by atoms with van der Waals surface area (Å²) in [4.78, 5) is 29.1. The number of aryl methyl sites for hydroxylation is 2. The van der Waals surface area contributed by atoms with Crippen molar-refractivity contribution in [1.82, 2.24) is 4.98 Å². The zero-order valence-electron chi connectivity index (χ0n) is 18.7. The van der Waals surface area contributed by atoms with Gasteiger partial charge in [0.2, 0.25) is 0 Å². The molecule has 9 nitrogen and oxygen atoms in total. The third-order valence-electron chi connectivity index (χ3n) is 4.92. The second-order valence-corrected chi connectivity index (χ2v) is 9.97. The molecule has 0 fully saturated rings. The van der Waals surface area contributed by atoms with E-state index in [0.29, 0.717) is 22.7 Å². The van der Waals surface area contributed by atoms with Crippen molar-refractivity contribution in [2.45, 2.75) is 18.7 Å². The largest absolute Gasteiger partial charge is 0.495 e. The average Bonchev–Trinajstić information content (AvgIpc) is 3.17. The predicted octanol–water partition coefficient (Wildman–Crippen LogP) is 3.63. The van der Waals surface area contributed by atoms with Crippen LogP contribution in [0.15, 0.2) is 47.4 Å². The minimum Gasteiger partial charge on any atom is -0.495 e. The Hall–Kier alpha value is -3.44. The van der Waals surface area contributed by atoms with Crippen LogP contribution in [0.25, 0.3) is 0 Å². The highest BCUT2D eigenvalue weighted by atomic mass is 32.2. The maximum Gasteiger partial charge on any atom is 0.350 e. The van der Waals surface area contributed by atoms with Crippen molar-refractivity contribution < 1.29 is 27.5 Å². The van der Waals surface area contributed by atoms with E-state index in [1.165, 1.54) is 33.4 Å². The molecule has 3 aromatic rings. The summed E-state index contributed by atoms with van der Waals surface area (Å²) in [6, 6.07) is 11.0. The third-order valence-corrected chi connectivity index (χ3v) is 7.74. The zero-order valence-corrected chi connectivity index (χ0v) is 20.3. The van der Waals surface area contributed by atoms with Gasteiger partial charge in [-0.2, -0.15) is 0 Å². The number of nitrogens with one attached hydrogen (secondary N) is 1. The average molecular weight is 490 g/mol. The van der Waals surface area contributed by atoms with Crippen LogP contribution in [0.5, 0.6) is 5.75 Å². The van der Waals surface area contributed by atoms with E-state index in [0.717, 1.165) is 15.6 Å². The normalized spacial score (nSPS) is 11.1. The number of benzene rings is 2. The number of esters is 1. The lowest BCUT2D eigenvalue weighted by atomic mass is 10.1. The summed E-state index contributed by atoms with van der Waals surface area (Å²) in [6.07, 6.45) is 0. The monoisotopic (exact) mass is 489 g/mol. The van der Waals surface area contributed by atoms with Crippen LogP contribution < -0.4 is 14.4 Å². The number of carbonyl (C=O) groups excluding carboxylic acids is 2. The fourth-order valence-corrected chi connectivity index (χ4v) is 5.19. The molecule has 0 spiro atoms. The van der Waals surface area contributed by atoms with Crippen molar-refractivity contribution >= 4 is 44.1 Å². The highest BCUT2D eigenvalue weighted by Gasteiger charge is 2.26. The number of para-hydroxylation sites is 2. The van der Waals surface area contributed by atoms with Crippen molar-refractivity contribution in [1.29, 1.82) is 0 Å². The third kappa shape index (κ3) is 4.83. The molecule has 0 bridgehead atoms. The lowest BCUT2D eigenvalue weighted by Gasteiger charge is -2.22. The van der Waals surface area contributed by atoms with Crippen LogP contribution in [0.2, 0.25) is 0 Å². The van der Waals surface area contributed by atoms with Crippen LogP contribution in [0, 0.1) is 13.8 Å². The number of methoxy groups -OCH3 is 2. The van der Waals surface area contributed by atoms with Gasteiger partial charge in [0, 0.05) is 12.6 Å². The molecule has 0 aliphatic carbocycles. The molecule has 0 unspecified atom stereocenters. The second-order valence-electron chi connectivity index (χ2n) is 7.00. The molecule has 1 heterocycles. The lowest BCUT2D eigenvalue weighted by molar-refractivity contribution is 0.0605. The molecule has 0 aliphatic heterocycles. The summed E-state index contributed by atoms with van der Waals surface area (Å²) in [5.41, 5.74) is 1.53. The Labute approximate surface area is 196 Å². The topological polar surface area (TPSA) is 115 Å². The Kier molecular flexibility index (Phi) is 7.04. The van der Waals surface area contributed by atoms with Crippen LogP contribution in [0.4, 0.5) is 10.8 Å². The van der Waals surface area contributed by atoms with Crippen LogP contribution in [-0.4, -0.2) is 46.5 Å². The first kappa shape index (κ1) is 24.2. The first-order valence-corrected chi connectivity index (χ1v) is 12.0. The Balaban J connectivity index is 1.93. The zero-order chi connectivity index (χ0) is 24.3. The second kappa shape index (κ2) is 9.59. The van der Waals surface area contributed by atoms with Crippen LogP contribution >= 0.6 is 11.3 Å². The van der Waals surface area contributed by atoms with Gasteiger partial charge in [0.05, 0.1) is 30.5 Å². The van der Waals surface area contributed by atoms with Gasteiger partial charge < -0.3 is 9.47 Å². The molecule has 0 atom stereocenters. The first-order chi connectivity index (χ1) is 15.6. The van der Waals surface area contributed by atoms with E-state index in [-0.39, 0.29) is 20.5 Å². The molecule has 33 heavy (non-hydrogen) atoms. The number of hydrogen-bond donors (Lipinski definition) is 1. The molecule has 2 aromatic carbocycles. The van der Waals surface area contributed by atoms with Gasteiger partial charge in [-0.05, 0) is 43.7 Å². The Morgan fingerprint density at radius 3 is 2.45 bits per heavy atom. The number of aromatic nitrogens is 1. The molecular weight excluding hydrogens is 466 g/mol. The fraction of sp³-hybridized carbons (Fsp3) is 0.227. The number of rotatable bonds is 7. The molecule has 1 amide bonds. The first-order valence-electron chi connectivity index (χ1n) is 9.69. The number of anilines is 2. The Morgan fingerprint density at radius 2 is 1.79 bits per heavy atom. The van der Waals surface area contributed by atoms with Gasteiger partial charge in [0.25, 0.3) is 15.9 Å². The van der Waals surface area contributed by atoms with E-state index in [1.807, 2.05) is 0 Å². The maximum atomic E-state index is 13.3. The van der Waals surface area contributed by atoms with E-state index in [2.05, 4.69) is 10.3 Å².